The SMILES string of the molecule is CCCCCCCCCCCC/C=C/CC/C=C/C(O)C(CO)NC(=O)CCCCCCCCCCCCCCCCCCCCCCCCCCCCCCCCCCCCCC. The minimum atomic E-state index is -0.859. The van der Waals surface area contributed by atoms with E-state index in [1.54, 1.807) is 6.08 Å². The van der Waals surface area contributed by atoms with Crippen LogP contribution in [0.4, 0.5) is 0 Å². The zero-order valence-electron chi connectivity index (χ0n) is 43.8. The number of carbonyl (C=O) groups excluding carboxylic acids is 1. The van der Waals surface area contributed by atoms with Gasteiger partial charge in [-0.25, -0.2) is 0 Å². The zero-order valence-corrected chi connectivity index (χ0v) is 43.8. The minimum Gasteiger partial charge on any atom is -0.394 e. The summed E-state index contributed by atoms with van der Waals surface area (Å²) in [5.74, 6) is -0.0671. The van der Waals surface area contributed by atoms with Crippen LogP contribution in [0.1, 0.15) is 335 Å². The first-order valence-corrected chi connectivity index (χ1v) is 29.6. The number of hydrogen-bond donors (Lipinski definition) is 3. The fourth-order valence-corrected chi connectivity index (χ4v) is 9.43. The lowest BCUT2D eigenvalue weighted by Gasteiger charge is -2.19. The Hall–Kier alpha value is -1.13. The largest absolute Gasteiger partial charge is 0.394 e. The molecule has 64 heavy (non-hydrogen) atoms. The predicted octanol–water partition coefficient (Wildman–Crippen LogP) is 19.5. The van der Waals surface area contributed by atoms with Gasteiger partial charge in [0, 0.05) is 6.42 Å². The molecule has 0 aliphatic rings. The van der Waals surface area contributed by atoms with Crippen molar-refractivity contribution in [3.8, 4) is 0 Å². The molecule has 0 aromatic rings. The van der Waals surface area contributed by atoms with Crippen molar-refractivity contribution in [3.05, 3.63) is 24.3 Å². The Morgan fingerprint density at radius 2 is 0.609 bits per heavy atom. The van der Waals surface area contributed by atoms with Crippen molar-refractivity contribution in [1.82, 2.24) is 5.32 Å². The van der Waals surface area contributed by atoms with Crippen LogP contribution in [0.25, 0.3) is 0 Å². The van der Waals surface area contributed by atoms with Gasteiger partial charge in [0.1, 0.15) is 0 Å². The summed E-state index contributed by atoms with van der Waals surface area (Å²) in [5.41, 5.74) is 0. The molecule has 0 saturated carbocycles. The van der Waals surface area contributed by atoms with Crippen LogP contribution in [0.2, 0.25) is 0 Å². The summed E-state index contributed by atoms with van der Waals surface area (Å²) < 4.78 is 0. The van der Waals surface area contributed by atoms with E-state index >= 15 is 0 Å². The highest BCUT2D eigenvalue weighted by atomic mass is 16.3. The van der Waals surface area contributed by atoms with Crippen LogP contribution in [-0.2, 0) is 4.79 Å². The number of nitrogens with one attached hydrogen (secondary N) is 1. The lowest BCUT2D eigenvalue weighted by Crippen LogP contribution is -2.45. The van der Waals surface area contributed by atoms with Gasteiger partial charge in [-0.3, -0.25) is 4.79 Å². The van der Waals surface area contributed by atoms with Gasteiger partial charge < -0.3 is 15.5 Å². The van der Waals surface area contributed by atoms with Crippen LogP contribution in [0.3, 0.4) is 0 Å². The Kier molecular flexibility index (Phi) is 55.2. The highest BCUT2D eigenvalue weighted by Gasteiger charge is 2.18. The summed E-state index contributed by atoms with van der Waals surface area (Å²) in [6.45, 7) is 4.33. The van der Waals surface area contributed by atoms with Gasteiger partial charge in [0.2, 0.25) is 5.91 Å². The molecule has 2 atom stereocenters. The second kappa shape index (κ2) is 56.2. The van der Waals surface area contributed by atoms with E-state index in [0.717, 1.165) is 32.1 Å². The van der Waals surface area contributed by atoms with Crippen LogP contribution < -0.4 is 5.32 Å². The smallest absolute Gasteiger partial charge is 0.220 e. The molecular formula is C60H117NO3. The van der Waals surface area contributed by atoms with E-state index in [1.165, 1.54) is 283 Å². The third kappa shape index (κ3) is 51.8. The van der Waals surface area contributed by atoms with E-state index < -0.39 is 12.1 Å². The van der Waals surface area contributed by atoms with Crippen molar-refractivity contribution < 1.29 is 15.0 Å². The maximum absolute atomic E-state index is 12.5. The van der Waals surface area contributed by atoms with Crippen molar-refractivity contribution in [1.29, 1.82) is 0 Å². The van der Waals surface area contributed by atoms with Gasteiger partial charge in [0.05, 0.1) is 18.8 Å². The normalized spacial score (nSPS) is 12.9. The number of aliphatic hydroxyl groups excluding tert-OH is 2. The Morgan fingerprint density at radius 1 is 0.359 bits per heavy atom. The average molecular weight is 901 g/mol. The number of aliphatic hydroxyl groups is 2. The van der Waals surface area contributed by atoms with Crippen LogP contribution in [-0.4, -0.2) is 34.9 Å². The van der Waals surface area contributed by atoms with Crippen LogP contribution in [0.5, 0.6) is 0 Å². The molecular weight excluding hydrogens is 783 g/mol. The van der Waals surface area contributed by atoms with E-state index in [1.807, 2.05) is 6.08 Å². The predicted molar refractivity (Wildman–Crippen MR) is 286 cm³/mol. The Morgan fingerprint density at radius 3 is 0.906 bits per heavy atom. The zero-order chi connectivity index (χ0) is 46.3. The molecule has 0 radical (unpaired) electrons. The van der Waals surface area contributed by atoms with Crippen molar-refractivity contribution in [3.63, 3.8) is 0 Å². The molecule has 4 nitrogen and oxygen atoms in total. The van der Waals surface area contributed by atoms with E-state index in [9.17, 15) is 15.0 Å². The van der Waals surface area contributed by atoms with Crippen molar-refractivity contribution in [2.45, 2.75) is 347 Å². The first-order chi connectivity index (χ1) is 31.7. The highest BCUT2D eigenvalue weighted by molar-refractivity contribution is 5.76. The molecule has 1 amide bonds. The molecule has 3 N–H and O–H groups in total. The number of amides is 1. The lowest BCUT2D eigenvalue weighted by molar-refractivity contribution is -0.123. The summed E-state index contributed by atoms with van der Waals surface area (Å²) in [5, 5.41) is 23.1. The second-order valence-corrected chi connectivity index (χ2v) is 20.4. The quantitative estimate of drug-likeness (QED) is 0.0421. The molecule has 0 bridgehead atoms. The summed E-state index contributed by atoms with van der Waals surface area (Å²) in [4.78, 5) is 12.5. The molecule has 380 valence electrons. The molecule has 0 aliphatic carbocycles. The van der Waals surface area contributed by atoms with Crippen LogP contribution in [0, 0.1) is 0 Å². The van der Waals surface area contributed by atoms with Crippen molar-refractivity contribution >= 4 is 5.91 Å². The van der Waals surface area contributed by atoms with Crippen LogP contribution >= 0.6 is 0 Å². The Bertz CT molecular complexity index is 932. The third-order valence-electron chi connectivity index (χ3n) is 13.9. The first-order valence-electron chi connectivity index (χ1n) is 29.6. The minimum absolute atomic E-state index is 0.0671. The summed E-state index contributed by atoms with van der Waals surface area (Å²) in [7, 11) is 0. The molecule has 0 aromatic heterocycles. The molecule has 2 unspecified atom stereocenters. The average Bonchev–Trinajstić information content (AvgIpc) is 3.30. The fraction of sp³-hybridized carbons (Fsp3) is 0.917. The van der Waals surface area contributed by atoms with Gasteiger partial charge in [0.25, 0.3) is 0 Å². The number of allylic oxidation sites excluding steroid dienone is 3. The van der Waals surface area contributed by atoms with E-state index in [4.69, 9.17) is 0 Å². The summed E-state index contributed by atoms with van der Waals surface area (Å²) >= 11 is 0. The molecule has 0 rings (SSSR count). The summed E-state index contributed by atoms with van der Waals surface area (Å²) in [6.07, 6.45) is 75.2. The topological polar surface area (TPSA) is 69.6 Å². The highest BCUT2D eigenvalue weighted by Crippen LogP contribution is 2.18. The van der Waals surface area contributed by atoms with E-state index in [0.29, 0.717) is 6.42 Å². The molecule has 0 saturated heterocycles. The summed E-state index contributed by atoms with van der Waals surface area (Å²) in [6, 6.07) is -0.636. The lowest BCUT2D eigenvalue weighted by atomic mass is 10.0. The third-order valence-corrected chi connectivity index (χ3v) is 13.9. The van der Waals surface area contributed by atoms with Crippen LogP contribution in [0.15, 0.2) is 24.3 Å². The first kappa shape index (κ1) is 62.9. The number of unbranched alkanes of at least 4 members (excludes halogenated alkanes) is 46. The van der Waals surface area contributed by atoms with Gasteiger partial charge in [0.15, 0.2) is 0 Å². The van der Waals surface area contributed by atoms with Crippen molar-refractivity contribution in [2.75, 3.05) is 6.61 Å². The van der Waals surface area contributed by atoms with Gasteiger partial charge >= 0.3 is 0 Å². The Balaban J connectivity index is 3.39. The molecule has 4 heteroatoms. The van der Waals surface area contributed by atoms with Gasteiger partial charge in [-0.2, -0.15) is 0 Å². The number of carbonyl (C=O) groups is 1. The molecule has 0 aliphatic heterocycles. The maximum Gasteiger partial charge on any atom is 0.220 e. The fourth-order valence-electron chi connectivity index (χ4n) is 9.43. The Labute approximate surface area is 402 Å². The van der Waals surface area contributed by atoms with E-state index in [-0.39, 0.29) is 12.5 Å². The molecule has 0 fully saturated rings. The monoisotopic (exact) mass is 900 g/mol. The maximum atomic E-state index is 12.5. The second-order valence-electron chi connectivity index (χ2n) is 20.4. The number of hydrogen-bond acceptors (Lipinski definition) is 3. The van der Waals surface area contributed by atoms with Gasteiger partial charge in [-0.1, -0.05) is 321 Å². The molecule has 0 aromatic carbocycles. The van der Waals surface area contributed by atoms with E-state index in [2.05, 4.69) is 31.3 Å². The van der Waals surface area contributed by atoms with Crippen molar-refractivity contribution in [2.24, 2.45) is 0 Å². The molecule has 0 heterocycles. The van der Waals surface area contributed by atoms with Gasteiger partial charge in [-0.15, -0.1) is 0 Å². The molecule has 0 spiro atoms. The number of rotatable bonds is 55. The standard InChI is InChI=1S/C60H117NO3/c1-3-5-7-9-11-13-15-17-19-21-22-23-24-25-26-27-28-29-30-31-32-33-34-35-36-37-38-39-40-42-44-46-48-50-52-54-56-60(64)61-58(57-62)59(63)55-53-51-49-47-45-43-41-20-18-16-14-12-10-8-6-4-2/h45,47,53,55,58-59,62-63H,3-44,46,48-52,54,56-57H2,1-2H3,(H,61,64)/b47-45+,55-53+. The van der Waals surface area contributed by atoms with Gasteiger partial charge in [-0.05, 0) is 32.1 Å².